The molecule has 0 amide bonds. The van der Waals surface area contributed by atoms with Crippen molar-refractivity contribution in [2.45, 2.75) is 96.6 Å². The van der Waals surface area contributed by atoms with Crippen LogP contribution in [0.5, 0.6) is 0 Å². The third-order valence-electron chi connectivity index (χ3n) is 7.17. The maximum atomic E-state index is 15.0. The summed E-state index contributed by atoms with van der Waals surface area (Å²) in [5.41, 5.74) is 2.29. The number of hydrogen-bond acceptors (Lipinski definition) is 0. The van der Waals surface area contributed by atoms with Crippen LogP contribution in [0.25, 0.3) is 0 Å². The molecule has 158 valence electrons. The summed E-state index contributed by atoms with van der Waals surface area (Å²) in [5, 5.41) is 0. The van der Waals surface area contributed by atoms with E-state index in [2.05, 4.69) is 6.92 Å². The van der Waals surface area contributed by atoms with E-state index in [0.717, 1.165) is 42.2 Å². The maximum Gasteiger partial charge on any atom is 0.162 e. The van der Waals surface area contributed by atoms with Crippen LogP contribution in [0.1, 0.15) is 75.5 Å². The Kier molecular flexibility index (Phi) is 7.44. The van der Waals surface area contributed by atoms with Gasteiger partial charge < -0.3 is 0 Å². The molecule has 0 radical (unpaired) electrons. The van der Waals surface area contributed by atoms with Gasteiger partial charge in [0.2, 0.25) is 0 Å². The Morgan fingerprint density at radius 2 is 1.68 bits per heavy atom. The Hall–Kier alpha value is -1.06. The second-order valence-corrected chi connectivity index (χ2v) is 9.12. The average Bonchev–Trinajstić information content (AvgIpc) is 2.72. The predicted octanol–water partition coefficient (Wildman–Crippen LogP) is 7.11. The highest BCUT2D eigenvalue weighted by atomic mass is 19.2. The van der Waals surface area contributed by atoms with E-state index in [1.165, 1.54) is 32.6 Å². The van der Waals surface area contributed by atoms with Crippen LogP contribution in [-0.4, -0.2) is 18.5 Å². The Morgan fingerprint density at radius 1 is 0.964 bits per heavy atom. The zero-order valence-corrected chi connectivity index (χ0v) is 17.2. The summed E-state index contributed by atoms with van der Waals surface area (Å²) in [6, 6.07) is 3.71. The number of rotatable bonds is 7. The van der Waals surface area contributed by atoms with Crippen LogP contribution in [-0.2, 0) is 19.3 Å². The van der Waals surface area contributed by atoms with Crippen LogP contribution in [0.2, 0.25) is 0 Å². The Bertz CT molecular complexity index is 636. The molecule has 0 heterocycles. The minimum atomic E-state index is -2.12. The van der Waals surface area contributed by atoms with Crippen LogP contribution < -0.4 is 0 Å². The molecule has 0 nitrogen and oxygen atoms in total. The molecule has 0 bridgehead atoms. The SMILES string of the molecule is CCC(F)C(F)C(F)CCc1ccc2c(c1F)CCC(C1CCC(C)CC1)C2. The zero-order chi connectivity index (χ0) is 20.3. The van der Waals surface area contributed by atoms with Gasteiger partial charge in [0, 0.05) is 0 Å². The van der Waals surface area contributed by atoms with Crippen molar-refractivity contribution in [1.82, 2.24) is 0 Å². The van der Waals surface area contributed by atoms with E-state index in [9.17, 15) is 17.6 Å². The summed E-state index contributed by atoms with van der Waals surface area (Å²) in [6.07, 6.45) is 1.97. The van der Waals surface area contributed by atoms with Crippen LogP contribution in [0.3, 0.4) is 0 Å². The van der Waals surface area contributed by atoms with E-state index in [0.29, 0.717) is 11.5 Å². The minimum Gasteiger partial charge on any atom is -0.244 e. The molecular weight excluding hydrogens is 364 g/mol. The number of aryl methyl sites for hydroxylation is 1. The van der Waals surface area contributed by atoms with E-state index < -0.39 is 18.5 Å². The highest BCUT2D eigenvalue weighted by Crippen LogP contribution is 2.40. The molecule has 2 aliphatic rings. The van der Waals surface area contributed by atoms with Crippen molar-refractivity contribution in [3.8, 4) is 0 Å². The fraction of sp³-hybridized carbons (Fsp3) is 0.750. The Labute approximate surface area is 167 Å². The van der Waals surface area contributed by atoms with Gasteiger partial charge in [0.25, 0.3) is 0 Å². The van der Waals surface area contributed by atoms with Crippen molar-refractivity contribution in [2.75, 3.05) is 0 Å². The molecule has 4 unspecified atom stereocenters. The molecule has 0 N–H and O–H groups in total. The molecular formula is C24H34F4. The topological polar surface area (TPSA) is 0 Å². The van der Waals surface area contributed by atoms with E-state index in [-0.39, 0.29) is 25.1 Å². The molecule has 1 aromatic rings. The second kappa shape index (κ2) is 9.63. The Balaban J connectivity index is 1.61. The maximum absolute atomic E-state index is 15.0. The van der Waals surface area contributed by atoms with Crippen molar-refractivity contribution in [1.29, 1.82) is 0 Å². The minimum absolute atomic E-state index is 0.0458. The van der Waals surface area contributed by atoms with Crippen LogP contribution in [0.4, 0.5) is 17.6 Å². The molecule has 0 aliphatic heterocycles. The van der Waals surface area contributed by atoms with Crippen LogP contribution >= 0.6 is 0 Å². The lowest BCUT2D eigenvalue weighted by Gasteiger charge is -2.36. The molecule has 1 fully saturated rings. The lowest BCUT2D eigenvalue weighted by Crippen LogP contribution is -2.28. The van der Waals surface area contributed by atoms with Crippen LogP contribution in [0.15, 0.2) is 12.1 Å². The van der Waals surface area contributed by atoms with Gasteiger partial charge in [-0.25, -0.2) is 17.6 Å². The smallest absolute Gasteiger partial charge is 0.162 e. The third-order valence-corrected chi connectivity index (χ3v) is 7.17. The molecule has 2 aliphatic carbocycles. The first-order chi connectivity index (χ1) is 13.4. The first-order valence-corrected chi connectivity index (χ1v) is 11.1. The first-order valence-electron chi connectivity index (χ1n) is 11.1. The average molecular weight is 399 g/mol. The van der Waals surface area contributed by atoms with Crippen molar-refractivity contribution >= 4 is 0 Å². The van der Waals surface area contributed by atoms with Gasteiger partial charge in [-0.3, -0.25) is 0 Å². The van der Waals surface area contributed by atoms with Gasteiger partial charge in [-0.1, -0.05) is 38.8 Å². The summed E-state index contributed by atoms with van der Waals surface area (Å²) >= 11 is 0. The third kappa shape index (κ3) is 4.91. The van der Waals surface area contributed by atoms with Crippen molar-refractivity contribution in [3.63, 3.8) is 0 Å². The van der Waals surface area contributed by atoms with Crippen molar-refractivity contribution in [2.24, 2.45) is 17.8 Å². The first kappa shape index (κ1) is 21.6. The second-order valence-electron chi connectivity index (χ2n) is 9.12. The fourth-order valence-electron chi connectivity index (χ4n) is 5.14. The molecule has 3 rings (SSSR count). The molecule has 4 heteroatoms. The molecule has 4 atom stereocenters. The van der Waals surface area contributed by atoms with Gasteiger partial charge in [0.1, 0.15) is 18.2 Å². The van der Waals surface area contributed by atoms with E-state index in [1.54, 1.807) is 6.07 Å². The quantitative estimate of drug-likeness (QED) is 0.429. The number of hydrogen-bond donors (Lipinski definition) is 0. The highest BCUT2D eigenvalue weighted by molar-refractivity contribution is 5.36. The van der Waals surface area contributed by atoms with Gasteiger partial charge in [-0.15, -0.1) is 0 Å². The highest BCUT2D eigenvalue weighted by Gasteiger charge is 2.31. The molecule has 28 heavy (non-hydrogen) atoms. The van der Waals surface area contributed by atoms with Gasteiger partial charge in [0.15, 0.2) is 6.17 Å². The van der Waals surface area contributed by atoms with E-state index in [4.69, 9.17) is 0 Å². The summed E-state index contributed by atoms with van der Waals surface area (Å²) in [6.45, 7) is 3.82. The van der Waals surface area contributed by atoms with Crippen molar-refractivity contribution in [3.05, 3.63) is 34.6 Å². The summed E-state index contributed by atoms with van der Waals surface area (Å²) < 4.78 is 55.9. The zero-order valence-electron chi connectivity index (χ0n) is 17.2. The van der Waals surface area contributed by atoms with Crippen molar-refractivity contribution < 1.29 is 17.6 Å². The van der Waals surface area contributed by atoms with E-state index in [1.807, 2.05) is 6.07 Å². The lowest BCUT2D eigenvalue weighted by molar-refractivity contribution is 0.0753. The molecule has 0 spiro atoms. The fourth-order valence-corrected chi connectivity index (χ4v) is 5.14. The predicted molar refractivity (Wildman–Crippen MR) is 106 cm³/mol. The van der Waals surface area contributed by atoms with Crippen LogP contribution in [0, 0.1) is 23.6 Å². The standard InChI is InChI=1S/C24H34F4/c1-3-21(25)24(28)22(26)13-11-17-8-9-19-14-18(10-12-20(19)23(17)27)16-6-4-15(2)5-7-16/h8-9,15-16,18,21-22,24H,3-7,10-14H2,1-2H3. The summed E-state index contributed by atoms with van der Waals surface area (Å²) in [5.74, 6) is 1.99. The largest absolute Gasteiger partial charge is 0.244 e. The number of alkyl halides is 3. The molecule has 0 saturated heterocycles. The monoisotopic (exact) mass is 398 g/mol. The van der Waals surface area contributed by atoms with Gasteiger partial charge in [-0.2, -0.15) is 0 Å². The number of benzene rings is 1. The summed E-state index contributed by atoms with van der Waals surface area (Å²) in [7, 11) is 0. The summed E-state index contributed by atoms with van der Waals surface area (Å²) in [4.78, 5) is 0. The van der Waals surface area contributed by atoms with Gasteiger partial charge in [-0.05, 0) is 85.8 Å². The number of halogens is 4. The van der Waals surface area contributed by atoms with Gasteiger partial charge in [0.05, 0.1) is 0 Å². The van der Waals surface area contributed by atoms with E-state index >= 15 is 0 Å². The molecule has 1 aromatic carbocycles. The lowest BCUT2D eigenvalue weighted by atomic mass is 9.70. The normalized spacial score (nSPS) is 28.4. The Morgan fingerprint density at radius 3 is 2.36 bits per heavy atom. The molecule has 1 saturated carbocycles. The number of fused-ring (bicyclic) bond motifs is 1. The molecule has 0 aromatic heterocycles. The van der Waals surface area contributed by atoms with Gasteiger partial charge >= 0.3 is 0 Å².